The highest BCUT2D eigenvalue weighted by Gasteiger charge is 2.48. The molecule has 1 fully saturated rings. The third kappa shape index (κ3) is 4.45. The Hall–Kier alpha value is -3.76. The Balaban J connectivity index is 1.39. The van der Waals surface area contributed by atoms with E-state index in [2.05, 4.69) is 25.1 Å². The molecule has 5 heterocycles. The number of aliphatic hydroxyl groups is 3. The van der Waals surface area contributed by atoms with Gasteiger partial charge in [0.2, 0.25) is 0 Å². The predicted octanol–water partition coefficient (Wildman–Crippen LogP) is 2.56. The second-order valence-electron chi connectivity index (χ2n) is 9.39. The number of nitrogens with zero attached hydrogens (tertiary/aromatic N) is 7. The van der Waals surface area contributed by atoms with E-state index in [9.17, 15) is 28.5 Å². The molecular weight excluding hydrogens is 551 g/mol. The molecule has 5 aromatic rings. The van der Waals surface area contributed by atoms with Crippen LogP contribution in [0.5, 0.6) is 0 Å². The molecule has 0 saturated carbocycles. The lowest BCUT2D eigenvalue weighted by molar-refractivity contribution is -0.210. The van der Waals surface area contributed by atoms with Gasteiger partial charge in [-0.05, 0) is 37.6 Å². The normalized spacial score (nSPS) is 23.2. The second-order valence-corrected chi connectivity index (χ2v) is 10.6. The van der Waals surface area contributed by atoms with Gasteiger partial charge in [0.05, 0.1) is 34.4 Å². The van der Waals surface area contributed by atoms with Crippen LogP contribution in [0.2, 0.25) is 0 Å². The minimum absolute atomic E-state index is 0.00510. The van der Waals surface area contributed by atoms with Crippen LogP contribution in [0.1, 0.15) is 28.8 Å². The summed E-state index contributed by atoms with van der Waals surface area (Å²) in [5, 5.41) is 41.9. The number of hydrogen-bond acceptors (Lipinski definition) is 10. The van der Waals surface area contributed by atoms with Gasteiger partial charge in [0, 0.05) is 11.8 Å². The lowest BCUT2D eigenvalue weighted by Crippen LogP contribution is -2.53. The Kier molecular flexibility index (Phi) is 6.62. The Morgan fingerprint density at radius 3 is 2.48 bits per heavy atom. The zero-order valence-electron chi connectivity index (χ0n) is 21.0. The van der Waals surface area contributed by atoms with Crippen molar-refractivity contribution in [2.45, 2.75) is 44.3 Å². The summed E-state index contributed by atoms with van der Waals surface area (Å²) < 4.78 is 50.5. The van der Waals surface area contributed by atoms with Gasteiger partial charge in [-0.3, -0.25) is 4.68 Å². The molecule has 40 heavy (non-hydrogen) atoms. The number of pyridine rings is 1. The Morgan fingerprint density at radius 1 is 1.00 bits per heavy atom. The molecule has 208 valence electrons. The van der Waals surface area contributed by atoms with Crippen LogP contribution in [-0.2, 0) is 4.74 Å². The van der Waals surface area contributed by atoms with Crippen LogP contribution in [0, 0.1) is 31.3 Å². The predicted molar refractivity (Wildman–Crippen MR) is 135 cm³/mol. The molecule has 0 spiro atoms. The molecule has 1 saturated heterocycles. The van der Waals surface area contributed by atoms with E-state index in [0.717, 1.165) is 21.8 Å². The van der Waals surface area contributed by atoms with E-state index in [0.29, 0.717) is 17.2 Å². The number of aliphatic hydroxyl groups excluding tert-OH is 3. The summed E-state index contributed by atoms with van der Waals surface area (Å²) in [7, 11) is 0. The number of thiazole rings is 1. The van der Waals surface area contributed by atoms with Crippen LogP contribution in [0.25, 0.3) is 27.2 Å². The first-order valence-corrected chi connectivity index (χ1v) is 12.9. The van der Waals surface area contributed by atoms with Gasteiger partial charge in [-0.2, -0.15) is 10.2 Å². The maximum atomic E-state index is 13.8. The maximum Gasteiger partial charge on any atom is 0.194 e. The van der Waals surface area contributed by atoms with Crippen molar-refractivity contribution in [1.82, 2.24) is 34.5 Å². The third-order valence-electron chi connectivity index (χ3n) is 6.69. The van der Waals surface area contributed by atoms with Gasteiger partial charge in [0.1, 0.15) is 36.3 Å². The highest BCUT2D eigenvalue weighted by atomic mass is 32.1. The van der Waals surface area contributed by atoms with Crippen molar-refractivity contribution in [2.75, 3.05) is 6.61 Å². The quantitative estimate of drug-likeness (QED) is 0.270. The summed E-state index contributed by atoms with van der Waals surface area (Å²) in [5.41, 5.74) is 1.33. The third-order valence-corrected chi connectivity index (χ3v) is 7.60. The average molecular weight is 574 g/mol. The van der Waals surface area contributed by atoms with Crippen LogP contribution in [0.3, 0.4) is 0 Å². The molecule has 0 unspecified atom stereocenters. The fourth-order valence-corrected chi connectivity index (χ4v) is 5.66. The minimum atomic E-state index is -1.60. The van der Waals surface area contributed by atoms with Crippen LogP contribution < -0.4 is 0 Å². The average Bonchev–Trinajstić information content (AvgIpc) is 3.64. The van der Waals surface area contributed by atoms with Crippen LogP contribution >= 0.6 is 11.3 Å². The fourth-order valence-electron chi connectivity index (χ4n) is 4.84. The van der Waals surface area contributed by atoms with Gasteiger partial charge in [0.25, 0.3) is 0 Å². The monoisotopic (exact) mass is 573 g/mol. The number of halogens is 3. The summed E-state index contributed by atoms with van der Waals surface area (Å²) in [6, 6.07) is 2.29. The molecule has 4 aromatic heterocycles. The molecule has 0 amide bonds. The molecule has 3 N–H and O–H groups in total. The molecule has 11 nitrogen and oxygen atoms in total. The Morgan fingerprint density at radius 2 is 1.75 bits per heavy atom. The molecule has 0 radical (unpaired) electrons. The first kappa shape index (κ1) is 26.5. The smallest absolute Gasteiger partial charge is 0.194 e. The topological polar surface area (TPSA) is 144 Å². The number of ether oxygens (including phenoxy) is 1. The number of benzene rings is 1. The summed E-state index contributed by atoms with van der Waals surface area (Å²) in [5.74, 6) is -3.77. The zero-order chi connectivity index (χ0) is 28.3. The molecule has 1 aromatic carbocycles. The van der Waals surface area contributed by atoms with Crippen molar-refractivity contribution >= 4 is 21.7 Å². The summed E-state index contributed by atoms with van der Waals surface area (Å²) >= 11 is 1.45. The molecule has 0 aliphatic carbocycles. The summed E-state index contributed by atoms with van der Waals surface area (Å²) in [6.07, 6.45) is -1.06. The standard InChI is InChI=1S/C25H22F3N7O4S/c1-10-31-25(35(33-10)14-5-18-24(29-7-14)32-11(2)40-18)23-22(38)20(21(37)17(9-36)39-23)34-8-13(6-30-34)12-3-15(26)19(28)16(27)4-12/h3-8,17,20-23,36-38H,9H2,1-2H3/t17-,20+,21+,22-,23-/m1/s1. The van der Waals surface area contributed by atoms with Crippen molar-refractivity contribution in [3.63, 3.8) is 0 Å². The Bertz CT molecular complexity index is 1700. The molecule has 0 bridgehead atoms. The molecule has 6 rings (SSSR count). The van der Waals surface area contributed by atoms with E-state index in [-0.39, 0.29) is 17.0 Å². The number of aromatic nitrogens is 7. The van der Waals surface area contributed by atoms with E-state index in [1.54, 1.807) is 13.1 Å². The van der Waals surface area contributed by atoms with Gasteiger partial charge in [-0.25, -0.2) is 32.8 Å². The largest absolute Gasteiger partial charge is 0.394 e. The number of hydrogen-bond donors (Lipinski definition) is 3. The molecule has 5 atom stereocenters. The van der Waals surface area contributed by atoms with E-state index in [1.165, 1.54) is 33.1 Å². The van der Waals surface area contributed by atoms with Crippen molar-refractivity contribution in [3.05, 3.63) is 70.9 Å². The highest BCUT2D eigenvalue weighted by Crippen LogP contribution is 2.39. The van der Waals surface area contributed by atoms with Gasteiger partial charge < -0.3 is 20.1 Å². The van der Waals surface area contributed by atoms with Crippen molar-refractivity contribution < 1.29 is 33.2 Å². The van der Waals surface area contributed by atoms with E-state index >= 15 is 0 Å². The number of aryl methyl sites for hydroxylation is 2. The highest BCUT2D eigenvalue weighted by molar-refractivity contribution is 7.18. The minimum Gasteiger partial charge on any atom is -0.394 e. The summed E-state index contributed by atoms with van der Waals surface area (Å²) in [6.45, 7) is 2.94. The first-order chi connectivity index (χ1) is 19.1. The van der Waals surface area contributed by atoms with Crippen molar-refractivity contribution in [1.29, 1.82) is 0 Å². The van der Waals surface area contributed by atoms with E-state index < -0.39 is 54.5 Å². The lowest BCUT2D eigenvalue weighted by Gasteiger charge is -2.41. The lowest BCUT2D eigenvalue weighted by atomic mass is 9.92. The van der Waals surface area contributed by atoms with Gasteiger partial charge in [-0.15, -0.1) is 11.3 Å². The Labute approximate surface area is 228 Å². The number of fused-ring (bicyclic) bond motifs is 1. The van der Waals surface area contributed by atoms with Gasteiger partial charge in [0.15, 0.2) is 28.9 Å². The van der Waals surface area contributed by atoms with Gasteiger partial charge >= 0.3 is 0 Å². The van der Waals surface area contributed by atoms with Crippen molar-refractivity contribution in [2.24, 2.45) is 0 Å². The first-order valence-electron chi connectivity index (χ1n) is 12.1. The van der Waals surface area contributed by atoms with Crippen LogP contribution in [-0.4, -0.2) is 74.8 Å². The van der Waals surface area contributed by atoms with E-state index in [1.807, 2.05) is 13.0 Å². The maximum absolute atomic E-state index is 13.8. The molecule has 15 heteroatoms. The zero-order valence-corrected chi connectivity index (χ0v) is 21.8. The van der Waals surface area contributed by atoms with E-state index in [4.69, 9.17) is 4.74 Å². The van der Waals surface area contributed by atoms with Gasteiger partial charge in [-0.1, -0.05) is 0 Å². The summed E-state index contributed by atoms with van der Waals surface area (Å²) in [4.78, 5) is 13.2. The van der Waals surface area contributed by atoms with Crippen LogP contribution in [0.15, 0.2) is 36.8 Å². The fraction of sp³-hybridized carbons (Fsp3) is 0.320. The second kappa shape index (κ2) is 10.0. The number of rotatable bonds is 5. The molecule has 1 aliphatic rings. The SMILES string of the molecule is Cc1nc([C@@H]2O[C@H](CO)[C@H](O)[C@H](n3cc(-c4cc(F)c(F)c(F)c4)cn3)[C@H]2O)n(-c2cnc3nc(C)sc3c2)n1. The van der Waals surface area contributed by atoms with Crippen molar-refractivity contribution in [3.8, 4) is 16.8 Å². The molecular formula is C25H22F3N7O4S. The van der Waals surface area contributed by atoms with Crippen LogP contribution in [0.4, 0.5) is 13.2 Å². The molecule has 1 aliphatic heterocycles.